The van der Waals surface area contributed by atoms with Crippen LogP contribution in [-0.4, -0.2) is 40.6 Å². The Balaban J connectivity index is 0.00000114. The summed E-state index contributed by atoms with van der Waals surface area (Å²) in [6, 6.07) is 16.2. The molecule has 2 aromatic rings. The highest BCUT2D eigenvalue weighted by Gasteiger charge is 2.13. The average Bonchev–Trinajstić information content (AvgIpc) is 2.79. The van der Waals surface area contributed by atoms with Gasteiger partial charge in [-0.3, -0.25) is 14.5 Å². The van der Waals surface area contributed by atoms with Gasteiger partial charge in [-0.05, 0) is 61.7 Å². The van der Waals surface area contributed by atoms with Crippen molar-refractivity contribution >= 4 is 12.4 Å². The Hall–Kier alpha value is -3.30. The fourth-order valence-electron chi connectivity index (χ4n) is 3.76. The first-order valence-corrected chi connectivity index (χ1v) is 10.8. The van der Waals surface area contributed by atoms with E-state index in [1.54, 1.807) is 6.92 Å². The summed E-state index contributed by atoms with van der Waals surface area (Å²) >= 11 is 0. The summed E-state index contributed by atoms with van der Waals surface area (Å²) in [6.45, 7) is 5.38. The smallest absolute Gasteiger partial charge is 0.304 e. The molecule has 1 saturated heterocycles. The first-order valence-electron chi connectivity index (χ1n) is 10.8. The summed E-state index contributed by atoms with van der Waals surface area (Å²) < 4.78 is 5.95. The second-order valence-corrected chi connectivity index (χ2v) is 7.66. The van der Waals surface area contributed by atoms with E-state index in [0.29, 0.717) is 6.61 Å². The summed E-state index contributed by atoms with van der Waals surface area (Å²) in [5.41, 5.74) is 3.39. The van der Waals surface area contributed by atoms with Crippen LogP contribution in [0.25, 0.3) is 0 Å². The monoisotopic (exact) mass is 437 g/mol. The number of carboxylic acid groups (broad SMARTS) is 2. The van der Waals surface area contributed by atoms with Gasteiger partial charge in [0.2, 0.25) is 0 Å². The van der Waals surface area contributed by atoms with Crippen LogP contribution in [0.1, 0.15) is 55.2 Å². The Morgan fingerprint density at radius 2 is 1.78 bits per heavy atom. The number of ether oxygens (including phenoxy) is 1. The van der Waals surface area contributed by atoms with Crippen LogP contribution in [-0.2, 0) is 22.7 Å². The minimum absolute atomic E-state index is 0.00482. The number of hydrogen-bond acceptors (Lipinski definition) is 4. The maximum atomic E-state index is 11.0. The number of aliphatic carboxylic acids is 1. The van der Waals surface area contributed by atoms with Gasteiger partial charge in [-0.15, -0.1) is 5.92 Å². The first kappa shape index (κ1) is 25.0. The third kappa shape index (κ3) is 8.83. The van der Waals surface area contributed by atoms with E-state index in [1.165, 1.54) is 37.9 Å². The van der Waals surface area contributed by atoms with E-state index in [2.05, 4.69) is 41.0 Å². The van der Waals surface area contributed by atoms with Crippen LogP contribution in [0.2, 0.25) is 0 Å². The van der Waals surface area contributed by atoms with Crippen molar-refractivity contribution in [3.8, 4) is 17.6 Å². The van der Waals surface area contributed by atoms with Crippen LogP contribution in [0.3, 0.4) is 0 Å². The predicted octanol–water partition coefficient (Wildman–Crippen LogP) is 4.53. The first-order chi connectivity index (χ1) is 15.5. The molecule has 1 aliphatic heterocycles. The van der Waals surface area contributed by atoms with E-state index in [0.717, 1.165) is 23.4 Å². The molecule has 32 heavy (non-hydrogen) atoms. The van der Waals surface area contributed by atoms with E-state index in [-0.39, 0.29) is 18.8 Å². The molecule has 0 unspecified atom stereocenters. The summed E-state index contributed by atoms with van der Waals surface area (Å²) in [4.78, 5) is 21.9. The van der Waals surface area contributed by atoms with E-state index in [9.17, 15) is 4.79 Å². The van der Waals surface area contributed by atoms with Gasteiger partial charge in [-0.2, -0.15) is 0 Å². The molecule has 0 spiro atoms. The Bertz CT molecular complexity index is 908. The molecule has 6 heteroatoms. The van der Waals surface area contributed by atoms with Gasteiger partial charge in [0, 0.05) is 6.54 Å². The molecule has 2 N–H and O–H groups in total. The molecule has 0 bridgehead atoms. The second-order valence-electron chi connectivity index (χ2n) is 7.66. The number of carboxylic acids is 1. The maximum Gasteiger partial charge on any atom is 0.304 e. The van der Waals surface area contributed by atoms with Crippen molar-refractivity contribution in [3.63, 3.8) is 0 Å². The van der Waals surface area contributed by atoms with Crippen molar-refractivity contribution in [3.05, 3.63) is 65.2 Å². The van der Waals surface area contributed by atoms with Gasteiger partial charge in [0.1, 0.15) is 12.4 Å². The molecule has 0 radical (unpaired) electrons. The van der Waals surface area contributed by atoms with Gasteiger partial charge in [0.15, 0.2) is 0 Å². The molecule has 6 nitrogen and oxygen atoms in total. The topological polar surface area (TPSA) is 87.1 Å². The lowest BCUT2D eigenvalue weighted by Gasteiger charge is -2.26. The maximum absolute atomic E-state index is 11.0. The largest absolute Gasteiger partial charge is 0.489 e. The number of hydrogen-bond donors (Lipinski definition) is 2. The Labute approximate surface area is 189 Å². The molecule has 1 aliphatic rings. The second kappa shape index (κ2) is 13.9. The van der Waals surface area contributed by atoms with Gasteiger partial charge in [-0.1, -0.05) is 48.7 Å². The molecule has 0 aromatic heterocycles. The number of nitrogens with zero attached hydrogens (tertiary/aromatic N) is 1. The van der Waals surface area contributed by atoms with E-state index < -0.39 is 5.97 Å². The zero-order valence-corrected chi connectivity index (χ0v) is 18.5. The number of rotatable bonds is 8. The summed E-state index contributed by atoms with van der Waals surface area (Å²) in [5, 5.41) is 16.0. The molecular weight excluding hydrogens is 406 g/mol. The fraction of sp³-hybridized carbons (Fsp3) is 0.385. The fourth-order valence-corrected chi connectivity index (χ4v) is 3.76. The van der Waals surface area contributed by atoms with Crippen molar-refractivity contribution in [1.82, 2.24) is 4.90 Å². The third-order valence-corrected chi connectivity index (χ3v) is 5.23. The Morgan fingerprint density at radius 1 is 1.12 bits per heavy atom. The van der Waals surface area contributed by atoms with E-state index in [4.69, 9.17) is 19.7 Å². The lowest BCUT2D eigenvalue weighted by Crippen LogP contribution is -2.29. The quantitative estimate of drug-likeness (QED) is 0.466. The third-order valence-electron chi connectivity index (χ3n) is 5.23. The number of carbonyl (C=O) groups is 2. The van der Waals surface area contributed by atoms with Crippen molar-refractivity contribution in [1.29, 1.82) is 0 Å². The van der Waals surface area contributed by atoms with Crippen LogP contribution in [0.15, 0.2) is 48.5 Å². The van der Waals surface area contributed by atoms with Gasteiger partial charge < -0.3 is 14.9 Å². The SMILES string of the molecule is CC#C[C@@H](CC(=O)O)c1ccc(OCc2cccc(CN3CCCCC3)c2)cc1.O=CO. The van der Waals surface area contributed by atoms with Gasteiger partial charge >= 0.3 is 5.97 Å². The van der Waals surface area contributed by atoms with Gasteiger partial charge in [0.25, 0.3) is 6.47 Å². The molecule has 1 fully saturated rings. The highest BCUT2D eigenvalue weighted by atomic mass is 16.5. The normalized spacial score (nSPS) is 14.2. The highest BCUT2D eigenvalue weighted by Crippen LogP contribution is 2.23. The van der Waals surface area contributed by atoms with Crippen LogP contribution in [0.4, 0.5) is 0 Å². The number of piperidine rings is 1. The van der Waals surface area contributed by atoms with Crippen LogP contribution < -0.4 is 4.74 Å². The Kier molecular flexibility index (Phi) is 10.8. The molecule has 170 valence electrons. The average molecular weight is 438 g/mol. The molecule has 1 atom stereocenters. The molecule has 0 aliphatic carbocycles. The number of likely N-dealkylation sites (tertiary alicyclic amines) is 1. The summed E-state index contributed by atoms with van der Waals surface area (Å²) in [5.74, 6) is 5.42. The van der Waals surface area contributed by atoms with E-state index >= 15 is 0 Å². The molecule has 0 amide bonds. The van der Waals surface area contributed by atoms with Crippen LogP contribution in [0, 0.1) is 11.8 Å². The van der Waals surface area contributed by atoms with Crippen LogP contribution >= 0.6 is 0 Å². The lowest BCUT2D eigenvalue weighted by atomic mass is 9.96. The molecule has 3 rings (SSSR count). The number of benzene rings is 2. The highest BCUT2D eigenvalue weighted by molar-refractivity contribution is 5.69. The predicted molar refractivity (Wildman–Crippen MR) is 123 cm³/mol. The standard InChI is InChI=1S/C25H29NO3.CH2O2/c1-2-7-23(17-25(27)28)22-10-12-24(13-11-22)29-19-21-9-6-8-20(16-21)18-26-14-4-3-5-15-26;2-1-3/h6,8-13,16,23H,3-5,14-15,17-19H2,1H3,(H,27,28);1H,(H,2,3)/t23-;/m0./s1. The molecule has 2 aromatic carbocycles. The minimum atomic E-state index is -0.845. The lowest BCUT2D eigenvalue weighted by molar-refractivity contribution is -0.137. The zero-order valence-electron chi connectivity index (χ0n) is 18.5. The van der Waals surface area contributed by atoms with Crippen molar-refractivity contribution in [2.75, 3.05) is 13.1 Å². The van der Waals surface area contributed by atoms with Crippen molar-refractivity contribution in [2.45, 2.75) is 51.7 Å². The van der Waals surface area contributed by atoms with Crippen molar-refractivity contribution < 1.29 is 24.5 Å². The summed E-state index contributed by atoms with van der Waals surface area (Å²) in [7, 11) is 0. The summed E-state index contributed by atoms with van der Waals surface area (Å²) in [6.07, 6.45) is 3.96. The van der Waals surface area contributed by atoms with Crippen LogP contribution in [0.5, 0.6) is 5.75 Å². The van der Waals surface area contributed by atoms with E-state index in [1.807, 2.05) is 24.3 Å². The molecule has 0 saturated carbocycles. The zero-order chi connectivity index (χ0) is 23.2. The van der Waals surface area contributed by atoms with Crippen molar-refractivity contribution in [2.24, 2.45) is 0 Å². The molecule has 1 heterocycles. The van der Waals surface area contributed by atoms with Gasteiger partial charge in [0.05, 0.1) is 12.3 Å². The molecular formula is C26H31NO5. The minimum Gasteiger partial charge on any atom is -0.489 e. The van der Waals surface area contributed by atoms with Gasteiger partial charge in [-0.25, -0.2) is 0 Å². The Morgan fingerprint density at radius 3 is 2.41 bits per heavy atom.